The number of rotatable bonds is 19. The van der Waals surface area contributed by atoms with E-state index >= 15 is 0 Å². The number of carbonyl (C=O) groups is 2. The molecule has 32 heteroatoms. The third-order valence-corrected chi connectivity index (χ3v) is 23.0. The maximum atomic E-state index is 13.8. The summed E-state index contributed by atoms with van der Waals surface area (Å²) in [7, 11) is 6.20. The predicted octanol–water partition coefficient (Wildman–Crippen LogP) is 24.1. The SMILES string of the molecule is CCCCN.CCCCN(C(=O)c1cc(C)c(C)cc1I)c1c(Br)cnc2cc3c(cc12)OCO3.CCCCNc1c(Br)cnc2cc3c(cc12)OCO3.CCCCn1c(=O)c2cc(OC)c(OC)cc2c2cnc3cc4c(cc3c21)OCO4.COc1cc(I)c(C(=O)Cl)cc1OC.Clc1c(Br)cnc2cc3c(cc12)OCO3.[CH3][Sn]([CH3])[CH3].[CH3][Sn]([CH3])[CH3]. The molecular formula is C89H101Br3Cl2I2N8O15Sn2. The summed E-state index contributed by atoms with van der Waals surface area (Å²) in [6, 6.07) is 26.1. The second-order valence-corrected chi connectivity index (χ2v) is 51.7. The van der Waals surface area contributed by atoms with E-state index in [-0.39, 0.29) is 38.6 Å². The fourth-order valence-electron chi connectivity index (χ4n) is 12.5. The number of fused-ring (bicyclic) bond motifs is 12. The second kappa shape index (κ2) is 47.5. The number of carbonyl (C=O) groups excluding carboxylic acids is 2. The van der Waals surface area contributed by atoms with Gasteiger partial charge in [0.15, 0.2) is 69.0 Å². The molecule has 0 spiro atoms. The molecule has 12 aromatic rings. The van der Waals surface area contributed by atoms with Crippen molar-refractivity contribution in [3.63, 3.8) is 0 Å². The van der Waals surface area contributed by atoms with Crippen molar-refractivity contribution in [1.82, 2.24) is 24.5 Å². The molecule has 121 heavy (non-hydrogen) atoms. The van der Waals surface area contributed by atoms with Crippen molar-refractivity contribution >= 4 is 244 Å². The van der Waals surface area contributed by atoms with Gasteiger partial charge in [-0.25, -0.2) is 0 Å². The van der Waals surface area contributed by atoms with E-state index in [0.29, 0.717) is 92.1 Å². The molecule has 1 amide bonds. The molecule has 5 aromatic heterocycles. The summed E-state index contributed by atoms with van der Waals surface area (Å²) < 4.78 is 70.6. The normalized spacial score (nSPS) is 12.0. The number of nitrogens with zero attached hydrogens (tertiary/aromatic N) is 6. The summed E-state index contributed by atoms with van der Waals surface area (Å²) in [6.45, 7) is 16.6. The van der Waals surface area contributed by atoms with Gasteiger partial charge in [-0.05, 0) is 222 Å². The van der Waals surface area contributed by atoms with Gasteiger partial charge >= 0.3 is 69.2 Å². The van der Waals surface area contributed by atoms with Crippen LogP contribution in [0.2, 0.25) is 34.7 Å². The van der Waals surface area contributed by atoms with E-state index in [9.17, 15) is 14.4 Å². The standard InChI is InChI=1S/C23H22BrIN2O3.C23H22N2O5.C14H15BrN2O2.C10H5BrClNO2.C9H8ClIO3.C4H11N.6CH3.2Sn/c1-4-5-6-27(23(28)15-7-13(2)14(3)8-18(15)25)22-16-9-20-21(30-12-29-20)10-19(16)26-11-17(22)24;1-4-5-6-25-22-15-9-20-21(30-12-29-20)10-17(15)24-11-16(22)13-7-18(27-2)19(28-3)8-14(13)23(25)26;1-2-3-4-16-14-9-5-12-13(19-8-18-12)6-11(9)17-7-10(14)15;11-6-3-13-7-2-9-8(14-4-15-9)1-5(7)10(6)12;1-13-7-3-5(9(10)12)6(11)4-8(7)14-2;1-2-3-4-5;;;;;;;;/h2*7-11H,4-6,12H2,1-3H3;5-7H,2-4,8H2,1H3,(H,16,17);1-3H,4H2;3-4H,1-2H3;2-5H2,1H3;6*1H3;;. The Labute approximate surface area is 783 Å². The van der Waals surface area contributed by atoms with E-state index in [1.165, 1.54) is 39.0 Å². The summed E-state index contributed by atoms with van der Waals surface area (Å²) in [5.41, 5.74) is 14.5. The van der Waals surface area contributed by atoms with Gasteiger partial charge in [-0.15, -0.1) is 0 Å². The molecule has 0 fully saturated rings. The first-order chi connectivity index (χ1) is 58.1. The molecule has 2 radical (unpaired) electrons. The van der Waals surface area contributed by atoms with Gasteiger partial charge in [-0.1, -0.05) is 65.0 Å². The number of hydrogen-bond acceptors (Lipinski definition) is 21. The van der Waals surface area contributed by atoms with Crippen LogP contribution in [-0.2, 0) is 6.54 Å². The molecule has 4 aliphatic heterocycles. The molecule has 644 valence electrons. The van der Waals surface area contributed by atoms with Gasteiger partial charge in [0.1, 0.15) is 0 Å². The van der Waals surface area contributed by atoms with Crippen molar-refractivity contribution in [2.75, 3.05) is 85.5 Å². The number of aryl methyl sites for hydroxylation is 3. The van der Waals surface area contributed by atoms with Crippen LogP contribution in [0.1, 0.15) is 111 Å². The molecule has 4 aliphatic rings. The number of unbranched alkanes of at least 4 members (excludes halogenated alkanes) is 4. The first kappa shape index (κ1) is 98.0. The Morgan fingerprint density at radius 2 is 0.901 bits per heavy atom. The summed E-state index contributed by atoms with van der Waals surface area (Å²) in [5.74, 6) is 7.83. The zero-order valence-corrected chi connectivity index (χ0v) is 87.0. The molecule has 0 aliphatic carbocycles. The number of aromatic nitrogens is 5. The second-order valence-electron chi connectivity index (χ2n) is 28.9. The summed E-state index contributed by atoms with van der Waals surface area (Å²) in [6.07, 6.45) is 15.5. The van der Waals surface area contributed by atoms with Crippen molar-refractivity contribution in [1.29, 1.82) is 0 Å². The third kappa shape index (κ3) is 25.1. The molecular weight excluding hydrogens is 2220 g/mol. The average molecular weight is 2320 g/mol. The molecule has 0 saturated heterocycles. The van der Waals surface area contributed by atoms with Crippen LogP contribution in [0.4, 0.5) is 11.4 Å². The van der Waals surface area contributed by atoms with Crippen LogP contribution in [0.5, 0.6) is 69.0 Å². The molecule has 3 N–H and O–H groups in total. The minimum absolute atomic E-state index is 0.0122. The van der Waals surface area contributed by atoms with Crippen LogP contribution in [0.25, 0.3) is 65.3 Å². The van der Waals surface area contributed by atoms with Gasteiger partial charge < -0.3 is 77.4 Å². The van der Waals surface area contributed by atoms with E-state index in [0.717, 1.165) is 154 Å². The monoisotopic (exact) mass is 2320 g/mol. The predicted molar refractivity (Wildman–Crippen MR) is 519 cm³/mol. The molecule has 0 atom stereocenters. The van der Waals surface area contributed by atoms with Gasteiger partial charge in [-0.2, -0.15) is 0 Å². The van der Waals surface area contributed by atoms with Crippen LogP contribution in [0, 0.1) is 21.0 Å². The molecule has 0 unspecified atom stereocenters. The maximum absolute atomic E-state index is 13.8. The van der Waals surface area contributed by atoms with E-state index in [1.54, 1.807) is 44.8 Å². The van der Waals surface area contributed by atoms with Crippen LogP contribution in [0.15, 0.2) is 128 Å². The Balaban J connectivity index is 0.000000170. The molecule has 7 aromatic carbocycles. The number of pyridine rings is 5. The van der Waals surface area contributed by atoms with Gasteiger partial charge in [-0.3, -0.25) is 34.3 Å². The minimum atomic E-state index is -0.543. The van der Waals surface area contributed by atoms with E-state index in [4.69, 9.17) is 85.8 Å². The van der Waals surface area contributed by atoms with Crippen molar-refractivity contribution in [3.05, 3.63) is 168 Å². The Morgan fingerprint density at radius 1 is 0.496 bits per heavy atom. The number of hydrogen-bond donors (Lipinski definition) is 2. The van der Waals surface area contributed by atoms with Gasteiger partial charge in [0.2, 0.25) is 27.2 Å². The summed E-state index contributed by atoms with van der Waals surface area (Å²) >= 11 is 25.2. The Hall–Kier alpha value is -6.77. The van der Waals surface area contributed by atoms with Crippen molar-refractivity contribution in [2.24, 2.45) is 5.73 Å². The quantitative estimate of drug-likeness (QED) is 0.0251. The molecule has 23 nitrogen and oxygen atoms in total. The van der Waals surface area contributed by atoms with Crippen LogP contribution in [0.3, 0.4) is 0 Å². The first-order valence-corrected chi connectivity index (χ1v) is 61.8. The van der Waals surface area contributed by atoms with Gasteiger partial charge in [0.05, 0.1) is 102 Å². The summed E-state index contributed by atoms with van der Waals surface area (Å²) in [4.78, 5) is 72.3. The fraction of sp³-hybridized carbons (Fsp3) is 0.360. The zero-order chi connectivity index (χ0) is 87.9. The number of amides is 1. The van der Waals surface area contributed by atoms with E-state index in [1.807, 2.05) is 112 Å². The van der Waals surface area contributed by atoms with Crippen LogP contribution in [-0.4, -0.2) is 150 Å². The van der Waals surface area contributed by atoms with E-state index in [2.05, 4.69) is 166 Å². The average Bonchev–Trinajstić information content (AvgIpc) is 1.30. The van der Waals surface area contributed by atoms with Gasteiger partial charge in [0.25, 0.3) is 16.7 Å². The summed E-state index contributed by atoms with van der Waals surface area (Å²) in [5, 5.41) is 9.47. The molecule has 0 saturated carbocycles. The Bertz CT molecular complexity index is 5730. The Kier molecular flexibility index (Phi) is 38.5. The zero-order valence-electron chi connectivity index (χ0n) is 70.7. The number of halogens is 7. The third-order valence-electron chi connectivity index (χ3n) is 18.6. The first-order valence-electron chi connectivity index (χ1n) is 39.4. The van der Waals surface area contributed by atoms with Gasteiger partial charge in [0, 0.05) is 108 Å². The van der Waals surface area contributed by atoms with Crippen molar-refractivity contribution in [3.8, 4) is 69.0 Å². The molecule has 9 heterocycles. The van der Waals surface area contributed by atoms with E-state index < -0.39 is 44.8 Å². The number of benzene rings is 7. The van der Waals surface area contributed by atoms with Crippen molar-refractivity contribution < 1.29 is 66.4 Å². The number of anilines is 2. The van der Waals surface area contributed by atoms with Crippen LogP contribution < -0.4 is 78.4 Å². The number of ether oxygens (including phenoxy) is 12. The van der Waals surface area contributed by atoms with Crippen LogP contribution >= 0.6 is 116 Å². The topological polar surface area (TPSA) is 260 Å². The number of nitrogens with two attached hydrogens (primary N) is 1. The number of methoxy groups -OCH3 is 4. The molecule has 0 bridgehead atoms. The fourth-order valence-corrected chi connectivity index (χ4v) is 15.9. The molecule has 16 rings (SSSR count). The van der Waals surface area contributed by atoms with Crippen molar-refractivity contribution in [2.45, 2.75) is 129 Å². The Morgan fingerprint density at radius 3 is 1.39 bits per heavy atom. The number of nitrogens with one attached hydrogen (secondary N) is 1.